The molecule has 0 aromatic carbocycles. The number of unbranched alkanes of at least 4 members (excludes halogenated alkanes) is 2. The van der Waals surface area contributed by atoms with Crippen LogP contribution in [0.3, 0.4) is 0 Å². The summed E-state index contributed by atoms with van der Waals surface area (Å²) in [6.07, 6.45) is 11.5. The Balaban J connectivity index is 0.000000261. The highest BCUT2D eigenvalue weighted by molar-refractivity contribution is 4.86. The molecular weight excluding hydrogens is 236 g/mol. The zero-order valence-corrected chi connectivity index (χ0v) is 13.2. The number of rotatable bonds is 2. The number of hydrogen-bond donors (Lipinski definition) is 0. The van der Waals surface area contributed by atoms with Crippen molar-refractivity contribution in [2.24, 2.45) is 14.1 Å². The average Bonchev–Trinajstić information content (AvgIpc) is 2.93. The van der Waals surface area contributed by atoms with E-state index in [0.29, 0.717) is 0 Å². The molecule has 0 amide bonds. The van der Waals surface area contributed by atoms with Crippen molar-refractivity contribution in [1.29, 1.82) is 0 Å². The quantitative estimate of drug-likeness (QED) is 0.830. The first-order chi connectivity index (χ1) is 9.02. The molecule has 0 atom stereocenters. The lowest BCUT2D eigenvalue weighted by Gasteiger charge is -1.87. The smallest absolute Gasteiger partial charge is 0.105 e. The molecule has 2 rings (SSSR count). The molecular formula is C15H28N4. The molecule has 0 aliphatic heterocycles. The van der Waals surface area contributed by atoms with E-state index in [1.54, 1.807) is 12.4 Å². The molecule has 0 saturated heterocycles. The summed E-state index contributed by atoms with van der Waals surface area (Å²) in [5.41, 5.74) is 0. The first-order valence-corrected chi connectivity index (χ1v) is 6.90. The lowest BCUT2D eigenvalue weighted by atomic mass is 10.3. The van der Waals surface area contributed by atoms with Gasteiger partial charge >= 0.3 is 0 Å². The van der Waals surface area contributed by atoms with Crippen LogP contribution in [0.2, 0.25) is 0 Å². The summed E-state index contributed by atoms with van der Waals surface area (Å²) in [6, 6.07) is 0. The maximum Gasteiger partial charge on any atom is 0.105 e. The Morgan fingerprint density at radius 3 is 1.26 bits per heavy atom. The fourth-order valence-electron chi connectivity index (χ4n) is 1.23. The fraction of sp³-hybridized carbons (Fsp3) is 0.600. The molecule has 0 spiro atoms. The highest BCUT2D eigenvalue weighted by Crippen LogP contribution is 1.88. The zero-order valence-electron chi connectivity index (χ0n) is 13.2. The van der Waals surface area contributed by atoms with Gasteiger partial charge in [0.25, 0.3) is 0 Å². The van der Waals surface area contributed by atoms with Gasteiger partial charge in [0, 0.05) is 38.9 Å². The maximum absolute atomic E-state index is 3.98. The molecule has 2 aromatic rings. The van der Waals surface area contributed by atoms with E-state index >= 15 is 0 Å². The summed E-state index contributed by atoms with van der Waals surface area (Å²) < 4.78 is 3.94. The van der Waals surface area contributed by atoms with Crippen LogP contribution >= 0.6 is 0 Å². The van der Waals surface area contributed by atoms with Crippen molar-refractivity contribution in [1.82, 2.24) is 19.1 Å². The van der Waals surface area contributed by atoms with Gasteiger partial charge in [-0.1, -0.05) is 33.1 Å². The maximum atomic E-state index is 3.98. The molecule has 4 nitrogen and oxygen atoms in total. The summed E-state index contributed by atoms with van der Waals surface area (Å²) in [5.74, 6) is 2.11. The first kappa shape index (κ1) is 17.4. The molecule has 0 saturated carbocycles. The van der Waals surface area contributed by atoms with Crippen LogP contribution in [0.15, 0.2) is 24.8 Å². The summed E-state index contributed by atoms with van der Waals surface area (Å²) in [4.78, 5) is 7.96. The highest BCUT2D eigenvalue weighted by Gasteiger charge is 1.84. The van der Waals surface area contributed by atoms with Crippen LogP contribution in [-0.2, 0) is 14.1 Å². The number of nitrogens with zero attached hydrogens (tertiary/aromatic N) is 4. The molecule has 0 radical (unpaired) electrons. The second-order valence-corrected chi connectivity index (χ2v) is 4.52. The Morgan fingerprint density at radius 2 is 1.21 bits per heavy atom. The summed E-state index contributed by atoms with van der Waals surface area (Å²) in [6.45, 7) is 8.37. The molecule has 0 N–H and O–H groups in total. The van der Waals surface area contributed by atoms with E-state index in [9.17, 15) is 0 Å². The van der Waals surface area contributed by atoms with E-state index < -0.39 is 0 Å². The van der Waals surface area contributed by atoms with Crippen molar-refractivity contribution in [3.05, 3.63) is 36.4 Å². The largest absolute Gasteiger partial charge is 0.338 e. The van der Waals surface area contributed by atoms with Crippen molar-refractivity contribution in [2.75, 3.05) is 0 Å². The van der Waals surface area contributed by atoms with Gasteiger partial charge in [0.2, 0.25) is 0 Å². The monoisotopic (exact) mass is 264 g/mol. The molecule has 4 heteroatoms. The minimum absolute atomic E-state index is 1.06. The van der Waals surface area contributed by atoms with Crippen LogP contribution in [0.1, 0.15) is 44.8 Å². The Hall–Kier alpha value is -1.58. The Labute approximate surface area is 117 Å². The first-order valence-electron chi connectivity index (χ1n) is 6.90. The fourth-order valence-corrected chi connectivity index (χ4v) is 1.23. The molecule has 0 bridgehead atoms. The summed E-state index contributed by atoms with van der Waals surface area (Å²) >= 11 is 0. The van der Waals surface area contributed by atoms with Gasteiger partial charge in [0.15, 0.2) is 0 Å². The topological polar surface area (TPSA) is 35.6 Å². The molecule has 2 aromatic heterocycles. The second-order valence-electron chi connectivity index (χ2n) is 4.52. The number of aryl methyl sites for hydroxylation is 4. The third kappa shape index (κ3) is 8.19. The van der Waals surface area contributed by atoms with Crippen LogP contribution in [0.5, 0.6) is 0 Å². The van der Waals surface area contributed by atoms with Gasteiger partial charge in [0.1, 0.15) is 11.6 Å². The summed E-state index contributed by atoms with van der Waals surface area (Å²) in [7, 11) is 3.95. The van der Waals surface area contributed by atoms with Crippen LogP contribution in [0.25, 0.3) is 0 Å². The minimum Gasteiger partial charge on any atom is -0.338 e. The Morgan fingerprint density at radius 1 is 0.842 bits per heavy atom. The van der Waals surface area contributed by atoms with Crippen molar-refractivity contribution >= 4 is 0 Å². The summed E-state index contributed by atoms with van der Waals surface area (Å²) in [5, 5.41) is 0. The lowest BCUT2D eigenvalue weighted by molar-refractivity contribution is 0.772. The minimum atomic E-state index is 1.06. The van der Waals surface area contributed by atoms with E-state index in [1.807, 2.05) is 49.5 Å². The predicted octanol–water partition coefficient (Wildman–Crippen LogP) is 3.65. The molecule has 19 heavy (non-hydrogen) atoms. The van der Waals surface area contributed by atoms with Gasteiger partial charge < -0.3 is 9.13 Å². The Kier molecular flexibility index (Phi) is 9.49. The van der Waals surface area contributed by atoms with Gasteiger partial charge in [-0.05, 0) is 13.8 Å². The number of aromatic nitrogens is 4. The van der Waals surface area contributed by atoms with Crippen LogP contribution in [-0.4, -0.2) is 19.1 Å². The van der Waals surface area contributed by atoms with Crippen LogP contribution < -0.4 is 0 Å². The standard InChI is InChI=1S/2C5H8N2.C5H12/c2*1-5-6-3-4-7(5)2;1-3-5-4-2/h2*3-4H,1-2H3;3-5H2,1-2H3. The van der Waals surface area contributed by atoms with E-state index in [-0.39, 0.29) is 0 Å². The van der Waals surface area contributed by atoms with E-state index in [2.05, 4.69) is 23.8 Å². The van der Waals surface area contributed by atoms with E-state index in [1.165, 1.54) is 19.3 Å². The van der Waals surface area contributed by atoms with Gasteiger partial charge in [-0.3, -0.25) is 0 Å². The molecule has 0 aliphatic carbocycles. The third-order valence-electron chi connectivity index (χ3n) is 2.83. The lowest BCUT2D eigenvalue weighted by Crippen LogP contribution is -1.86. The predicted molar refractivity (Wildman–Crippen MR) is 81.1 cm³/mol. The average molecular weight is 264 g/mol. The zero-order chi connectivity index (χ0) is 14.7. The normalized spacial score (nSPS) is 9.16. The molecule has 0 aliphatic rings. The number of hydrogen-bond acceptors (Lipinski definition) is 2. The van der Waals surface area contributed by atoms with Gasteiger partial charge in [-0.2, -0.15) is 0 Å². The molecule has 108 valence electrons. The molecule has 0 unspecified atom stereocenters. The molecule has 0 fully saturated rings. The Bertz CT molecular complexity index is 356. The van der Waals surface area contributed by atoms with E-state index in [0.717, 1.165) is 11.6 Å². The van der Waals surface area contributed by atoms with Crippen LogP contribution in [0, 0.1) is 13.8 Å². The highest BCUT2D eigenvalue weighted by atomic mass is 15.0. The van der Waals surface area contributed by atoms with Crippen LogP contribution in [0.4, 0.5) is 0 Å². The molecule has 2 heterocycles. The third-order valence-corrected chi connectivity index (χ3v) is 2.83. The van der Waals surface area contributed by atoms with Gasteiger partial charge in [0.05, 0.1) is 0 Å². The number of imidazole rings is 2. The SMILES string of the molecule is CCCCC.Cc1nccn1C.Cc1nccn1C. The second kappa shape index (κ2) is 10.4. The van der Waals surface area contributed by atoms with Crippen molar-refractivity contribution in [3.8, 4) is 0 Å². The van der Waals surface area contributed by atoms with Crippen molar-refractivity contribution in [3.63, 3.8) is 0 Å². The van der Waals surface area contributed by atoms with Gasteiger partial charge in [-0.25, -0.2) is 9.97 Å². The van der Waals surface area contributed by atoms with Gasteiger partial charge in [-0.15, -0.1) is 0 Å². The van der Waals surface area contributed by atoms with Crippen molar-refractivity contribution in [2.45, 2.75) is 47.0 Å². The van der Waals surface area contributed by atoms with Crippen molar-refractivity contribution < 1.29 is 0 Å². The van der Waals surface area contributed by atoms with E-state index in [4.69, 9.17) is 0 Å².